The number of hydrogen-bond donors (Lipinski definition) is 0. The quantitative estimate of drug-likeness (QED) is 0.422. The molecule has 0 saturated heterocycles. The number of nitrogens with zero attached hydrogens (tertiary/aromatic N) is 2. The molecule has 0 bridgehead atoms. The molecule has 128 valence electrons. The summed E-state index contributed by atoms with van der Waals surface area (Å²) in [5.41, 5.74) is 2.01. The number of fused-ring (bicyclic) bond motifs is 1. The van der Waals surface area contributed by atoms with Crippen molar-refractivity contribution in [3.8, 4) is 0 Å². The number of hydrogen-bond acceptors (Lipinski definition) is 5. The molecule has 0 fully saturated rings. The molecule has 24 heavy (non-hydrogen) atoms. The van der Waals surface area contributed by atoms with Crippen LogP contribution in [0, 0.1) is 0 Å². The minimum Gasteiger partial charge on any atom is -0.395 e. The van der Waals surface area contributed by atoms with Gasteiger partial charge in [0.05, 0.1) is 5.52 Å². The predicted octanol–water partition coefficient (Wildman–Crippen LogP) is 2.26. The lowest BCUT2D eigenvalue weighted by Crippen LogP contribution is -2.15. The summed E-state index contributed by atoms with van der Waals surface area (Å²) < 4.78 is 5.87. The lowest BCUT2D eigenvalue weighted by Gasteiger charge is -2.07. The van der Waals surface area contributed by atoms with E-state index in [1.807, 2.05) is 44.6 Å². The van der Waals surface area contributed by atoms with Gasteiger partial charge in [-0.05, 0) is 38.6 Å². The monoisotopic (exact) mass is 330 g/mol. The highest BCUT2D eigenvalue weighted by Crippen LogP contribution is 2.22. The Kier molecular flexibility index (Phi) is 6.26. The van der Waals surface area contributed by atoms with E-state index >= 15 is 0 Å². The Morgan fingerprint density at radius 3 is 2.67 bits per heavy atom. The summed E-state index contributed by atoms with van der Waals surface area (Å²) in [4.78, 5) is 35.8. The normalized spacial score (nSPS) is 11.0. The highest BCUT2D eigenvalue weighted by Gasteiger charge is 2.14. The van der Waals surface area contributed by atoms with Gasteiger partial charge in [-0.25, -0.2) is 0 Å². The van der Waals surface area contributed by atoms with Gasteiger partial charge in [-0.15, -0.1) is 0 Å². The standard InChI is InChI=1S/C18H22N2O4/c1-19(2)11-10-14-12-20(16-7-4-3-6-15(14)16)17(22)8-5-9-18(23)24-13-21/h3-4,6-7,12-13H,5,8-11H2,1-2H3. The molecule has 0 saturated carbocycles. The topological polar surface area (TPSA) is 68.6 Å². The van der Waals surface area contributed by atoms with Crippen LogP contribution in [0.3, 0.4) is 0 Å². The first kappa shape index (κ1) is 17.9. The highest BCUT2D eigenvalue weighted by atomic mass is 16.6. The second-order valence-electron chi connectivity index (χ2n) is 5.93. The van der Waals surface area contributed by atoms with Gasteiger partial charge in [-0.1, -0.05) is 18.2 Å². The number of rotatable bonds is 8. The molecule has 6 nitrogen and oxygen atoms in total. The van der Waals surface area contributed by atoms with E-state index in [0.29, 0.717) is 6.42 Å². The lowest BCUT2D eigenvalue weighted by molar-refractivity contribution is -0.151. The van der Waals surface area contributed by atoms with Gasteiger partial charge >= 0.3 is 12.4 Å². The number of carbonyl (C=O) groups excluding carboxylic acids is 3. The zero-order valence-electron chi connectivity index (χ0n) is 14.0. The maximum Gasteiger partial charge on any atom is 0.313 e. The molecule has 2 aromatic rings. The van der Waals surface area contributed by atoms with Crippen molar-refractivity contribution in [2.45, 2.75) is 25.7 Å². The summed E-state index contributed by atoms with van der Waals surface area (Å²) >= 11 is 0. The van der Waals surface area contributed by atoms with Crippen LogP contribution in [-0.4, -0.2) is 48.5 Å². The third-order valence-electron chi connectivity index (χ3n) is 3.84. The maximum atomic E-state index is 12.5. The summed E-state index contributed by atoms with van der Waals surface area (Å²) in [6.07, 6.45) is 3.38. The fraction of sp³-hybridized carbons (Fsp3) is 0.389. The summed E-state index contributed by atoms with van der Waals surface area (Å²) in [6.45, 7) is 1.01. The first-order chi connectivity index (χ1) is 11.5. The Morgan fingerprint density at radius 2 is 1.96 bits per heavy atom. The van der Waals surface area contributed by atoms with Gasteiger partial charge in [0.1, 0.15) is 0 Å². The van der Waals surface area contributed by atoms with Crippen molar-refractivity contribution in [1.82, 2.24) is 9.47 Å². The van der Waals surface area contributed by atoms with Crippen molar-refractivity contribution in [2.75, 3.05) is 20.6 Å². The third kappa shape index (κ3) is 4.52. The SMILES string of the molecule is CN(C)CCc1cn(C(=O)CCCC(=O)OC=O)c2ccccc12. The first-order valence-electron chi connectivity index (χ1n) is 7.93. The molecule has 0 aliphatic heterocycles. The number of benzene rings is 1. The van der Waals surface area contributed by atoms with Crippen LogP contribution in [-0.2, 0) is 20.7 Å². The van der Waals surface area contributed by atoms with E-state index in [0.717, 1.165) is 29.4 Å². The molecule has 0 radical (unpaired) electrons. The van der Waals surface area contributed by atoms with Gasteiger partial charge in [0.15, 0.2) is 0 Å². The van der Waals surface area contributed by atoms with Crippen molar-refractivity contribution in [3.63, 3.8) is 0 Å². The second-order valence-corrected chi connectivity index (χ2v) is 5.93. The number of para-hydroxylation sites is 1. The highest BCUT2D eigenvalue weighted by molar-refractivity contribution is 5.94. The smallest absolute Gasteiger partial charge is 0.313 e. The van der Waals surface area contributed by atoms with Gasteiger partial charge in [-0.3, -0.25) is 19.0 Å². The molecule has 2 rings (SSSR count). The third-order valence-corrected chi connectivity index (χ3v) is 3.84. The minimum atomic E-state index is -0.609. The van der Waals surface area contributed by atoms with Crippen LogP contribution in [0.25, 0.3) is 10.9 Å². The van der Waals surface area contributed by atoms with E-state index in [1.54, 1.807) is 4.57 Å². The molecule has 6 heteroatoms. The fourth-order valence-corrected chi connectivity index (χ4v) is 2.62. The maximum absolute atomic E-state index is 12.5. The number of esters is 1. The lowest BCUT2D eigenvalue weighted by atomic mass is 10.1. The molecular weight excluding hydrogens is 308 g/mol. The van der Waals surface area contributed by atoms with Crippen LogP contribution in [0.1, 0.15) is 29.6 Å². The Hall–Kier alpha value is -2.47. The largest absolute Gasteiger partial charge is 0.395 e. The number of aromatic nitrogens is 1. The Morgan fingerprint density at radius 1 is 1.21 bits per heavy atom. The number of likely N-dealkylation sites (N-methyl/N-ethyl adjacent to an activating group) is 1. The van der Waals surface area contributed by atoms with Crippen molar-refractivity contribution in [1.29, 1.82) is 0 Å². The van der Waals surface area contributed by atoms with Crippen LogP contribution >= 0.6 is 0 Å². The summed E-state index contributed by atoms with van der Waals surface area (Å²) in [5.74, 6) is -0.678. The van der Waals surface area contributed by atoms with Crippen molar-refractivity contribution < 1.29 is 19.1 Å². The van der Waals surface area contributed by atoms with Crippen molar-refractivity contribution in [2.24, 2.45) is 0 Å². The molecule has 0 amide bonds. The molecule has 1 heterocycles. The average Bonchev–Trinajstić information content (AvgIpc) is 2.92. The molecule has 0 aliphatic rings. The van der Waals surface area contributed by atoms with Crippen LogP contribution < -0.4 is 0 Å². The molecular formula is C18H22N2O4. The molecule has 0 aliphatic carbocycles. The zero-order valence-corrected chi connectivity index (χ0v) is 14.0. The van der Waals surface area contributed by atoms with Crippen molar-refractivity contribution >= 4 is 29.3 Å². The number of ether oxygens (including phenoxy) is 1. The van der Waals surface area contributed by atoms with E-state index in [-0.39, 0.29) is 25.2 Å². The molecule has 0 atom stereocenters. The summed E-state index contributed by atoms with van der Waals surface area (Å²) in [5, 5.41) is 1.08. The van der Waals surface area contributed by atoms with E-state index in [9.17, 15) is 14.4 Å². The van der Waals surface area contributed by atoms with Gasteiger partial charge in [0.25, 0.3) is 0 Å². The van der Waals surface area contributed by atoms with Gasteiger partial charge in [-0.2, -0.15) is 0 Å². The Bertz CT molecular complexity index is 734. The van der Waals surface area contributed by atoms with Gasteiger partial charge in [0, 0.05) is 31.0 Å². The Labute approximate surface area is 141 Å². The molecule has 1 aromatic heterocycles. The van der Waals surface area contributed by atoms with Gasteiger partial charge in [0.2, 0.25) is 5.91 Å². The Balaban J connectivity index is 2.11. The summed E-state index contributed by atoms with van der Waals surface area (Å²) in [7, 11) is 4.03. The molecule has 1 aromatic carbocycles. The molecule has 0 N–H and O–H groups in total. The average molecular weight is 330 g/mol. The minimum absolute atomic E-state index is 0.0527. The van der Waals surface area contributed by atoms with E-state index < -0.39 is 5.97 Å². The van der Waals surface area contributed by atoms with Crippen LogP contribution in [0.5, 0.6) is 0 Å². The van der Waals surface area contributed by atoms with Crippen LogP contribution in [0.15, 0.2) is 30.5 Å². The van der Waals surface area contributed by atoms with E-state index in [1.165, 1.54) is 0 Å². The molecule has 0 spiro atoms. The molecule has 0 unspecified atom stereocenters. The van der Waals surface area contributed by atoms with Crippen LogP contribution in [0.4, 0.5) is 0 Å². The second kappa shape index (κ2) is 8.40. The van der Waals surface area contributed by atoms with Gasteiger partial charge < -0.3 is 9.64 Å². The first-order valence-corrected chi connectivity index (χ1v) is 7.93. The van der Waals surface area contributed by atoms with E-state index in [2.05, 4.69) is 9.64 Å². The van der Waals surface area contributed by atoms with E-state index in [4.69, 9.17) is 0 Å². The predicted molar refractivity (Wildman–Crippen MR) is 90.8 cm³/mol. The zero-order chi connectivity index (χ0) is 17.5. The summed E-state index contributed by atoms with van der Waals surface area (Å²) in [6, 6.07) is 7.81. The fourth-order valence-electron chi connectivity index (χ4n) is 2.62. The van der Waals surface area contributed by atoms with Crippen molar-refractivity contribution in [3.05, 3.63) is 36.0 Å². The van der Waals surface area contributed by atoms with Crippen LogP contribution in [0.2, 0.25) is 0 Å². The number of carbonyl (C=O) groups is 3.